The van der Waals surface area contributed by atoms with Gasteiger partial charge < -0.3 is 14.6 Å². The first-order valence-corrected chi connectivity index (χ1v) is 6.68. The molecule has 2 aromatic heterocycles. The summed E-state index contributed by atoms with van der Waals surface area (Å²) >= 11 is 0. The quantitative estimate of drug-likeness (QED) is 0.916. The van der Waals surface area contributed by atoms with E-state index in [1.165, 1.54) is 0 Å². The molecule has 7 heteroatoms. The first-order valence-electron chi connectivity index (χ1n) is 6.68. The molecule has 1 fully saturated rings. The largest absolute Gasteiger partial charge is 0.336 e. The van der Waals surface area contributed by atoms with E-state index in [0.717, 1.165) is 31.6 Å². The Morgan fingerprint density at radius 2 is 2.19 bits per heavy atom. The molecule has 0 aromatic carbocycles. The number of halogens is 2. The first kappa shape index (κ1) is 17.8. The molecule has 21 heavy (non-hydrogen) atoms. The fourth-order valence-corrected chi connectivity index (χ4v) is 2.60. The summed E-state index contributed by atoms with van der Waals surface area (Å²) in [5, 5.41) is 3.25. The van der Waals surface area contributed by atoms with E-state index >= 15 is 0 Å². The lowest BCUT2D eigenvalue weighted by atomic mass is 10.1. The van der Waals surface area contributed by atoms with Gasteiger partial charge in [0.25, 0.3) is 5.91 Å². The van der Waals surface area contributed by atoms with Gasteiger partial charge in [0.15, 0.2) is 0 Å². The summed E-state index contributed by atoms with van der Waals surface area (Å²) in [5.41, 5.74) is 1.34. The molecule has 0 aliphatic carbocycles. The summed E-state index contributed by atoms with van der Waals surface area (Å²) in [7, 11) is 1.95. The number of nitrogens with one attached hydrogen (secondary N) is 1. The van der Waals surface area contributed by atoms with E-state index in [4.69, 9.17) is 0 Å². The summed E-state index contributed by atoms with van der Waals surface area (Å²) in [6, 6.07) is 6.16. The molecule has 1 saturated heterocycles. The second-order valence-corrected chi connectivity index (χ2v) is 4.97. The van der Waals surface area contributed by atoms with Gasteiger partial charge in [-0.2, -0.15) is 0 Å². The number of aromatic nitrogens is 2. The van der Waals surface area contributed by atoms with Crippen LogP contribution in [0.25, 0.3) is 5.65 Å². The maximum absolute atomic E-state index is 12.5. The van der Waals surface area contributed by atoms with E-state index in [1.807, 2.05) is 40.7 Å². The van der Waals surface area contributed by atoms with Crippen LogP contribution in [0.5, 0.6) is 0 Å². The number of likely N-dealkylation sites (N-methyl/N-ethyl adjacent to an activating group) is 1. The van der Waals surface area contributed by atoms with Crippen molar-refractivity contribution in [2.24, 2.45) is 0 Å². The van der Waals surface area contributed by atoms with Crippen molar-refractivity contribution in [2.45, 2.75) is 18.9 Å². The zero-order valence-electron chi connectivity index (χ0n) is 11.9. The molecule has 1 unspecified atom stereocenters. The number of hydrogen-bond acceptors (Lipinski definition) is 3. The monoisotopic (exact) mass is 330 g/mol. The molecular weight excluding hydrogens is 311 g/mol. The highest BCUT2D eigenvalue weighted by atomic mass is 35.5. The SMILES string of the molecule is CNC1CCCN(C(=O)c2cn3ccccc3n2)C1.Cl.Cl. The molecule has 1 aliphatic heterocycles. The van der Waals surface area contributed by atoms with E-state index < -0.39 is 0 Å². The Labute approximate surface area is 136 Å². The van der Waals surface area contributed by atoms with Gasteiger partial charge in [-0.3, -0.25) is 4.79 Å². The van der Waals surface area contributed by atoms with Gasteiger partial charge in [-0.15, -0.1) is 24.8 Å². The Balaban J connectivity index is 0.00000110. The summed E-state index contributed by atoms with van der Waals surface area (Å²) in [6.07, 6.45) is 5.89. The van der Waals surface area contributed by atoms with Crippen molar-refractivity contribution in [1.82, 2.24) is 19.6 Å². The molecule has 5 nitrogen and oxygen atoms in total. The molecule has 116 valence electrons. The van der Waals surface area contributed by atoms with E-state index in [2.05, 4.69) is 10.3 Å². The number of amides is 1. The molecular formula is C14H20Cl2N4O. The van der Waals surface area contributed by atoms with Crippen LogP contribution < -0.4 is 5.32 Å². The number of likely N-dealkylation sites (tertiary alicyclic amines) is 1. The molecule has 0 saturated carbocycles. The molecule has 0 spiro atoms. The zero-order valence-corrected chi connectivity index (χ0v) is 13.5. The minimum absolute atomic E-state index is 0. The number of imidazole rings is 1. The van der Waals surface area contributed by atoms with Crippen LogP contribution in [0.15, 0.2) is 30.6 Å². The van der Waals surface area contributed by atoms with Gasteiger partial charge in [0.05, 0.1) is 0 Å². The maximum atomic E-state index is 12.5. The van der Waals surface area contributed by atoms with Crippen LogP contribution >= 0.6 is 24.8 Å². The molecule has 2 aromatic rings. The van der Waals surface area contributed by atoms with Crippen LogP contribution in [0.4, 0.5) is 0 Å². The molecule has 0 radical (unpaired) electrons. The minimum Gasteiger partial charge on any atom is -0.336 e. The fraction of sp³-hybridized carbons (Fsp3) is 0.429. The van der Waals surface area contributed by atoms with E-state index in [1.54, 1.807) is 6.20 Å². The molecule has 1 N–H and O–H groups in total. The molecule has 1 amide bonds. The lowest BCUT2D eigenvalue weighted by molar-refractivity contribution is 0.0693. The average molecular weight is 331 g/mol. The van der Waals surface area contributed by atoms with Crippen LogP contribution in [0.2, 0.25) is 0 Å². The number of carbonyl (C=O) groups excluding carboxylic acids is 1. The van der Waals surface area contributed by atoms with Crippen molar-refractivity contribution in [3.8, 4) is 0 Å². The summed E-state index contributed by atoms with van der Waals surface area (Å²) in [6.45, 7) is 1.59. The van der Waals surface area contributed by atoms with Crippen LogP contribution in [0.3, 0.4) is 0 Å². The van der Waals surface area contributed by atoms with Crippen LogP contribution in [0.1, 0.15) is 23.3 Å². The summed E-state index contributed by atoms with van der Waals surface area (Å²) < 4.78 is 1.88. The molecule has 0 bridgehead atoms. The molecule has 1 atom stereocenters. The Morgan fingerprint density at radius 1 is 1.38 bits per heavy atom. The summed E-state index contributed by atoms with van der Waals surface area (Å²) in [5.74, 6) is 0.0312. The van der Waals surface area contributed by atoms with Crippen molar-refractivity contribution in [3.63, 3.8) is 0 Å². The van der Waals surface area contributed by atoms with Gasteiger partial charge in [-0.05, 0) is 32.0 Å². The number of carbonyl (C=O) groups is 1. The second kappa shape index (κ2) is 7.64. The topological polar surface area (TPSA) is 49.6 Å². The highest BCUT2D eigenvalue weighted by Crippen LogP contribution is 2.14. The lowest BCUT2D eigenvalue weighted by Crippen LogP contribution is -2.47. The van der Waals surface area contributed by atoms with Gasteiger partial charge in [0.2, 0.25) is 0 Å². The number of fused-ring (bicyclic) bond motifs is 1. The van der Waals surface area contributed by atoms with Crippen molar-refractivity contribution in [2.75, 3.05) is 20.1 Å². The summed E-state index contributed by atoms with van der Waals surface area (Å²) in [4.78, 5) is 18.7. The second-order valence-electron chi connectivity index (χ2n) is 4.97. The number of pyridine rings is 1. The fourth-order valence-electron chi connectivity index (χ4n) is 2.60. The Kier molecular flexibility index (Phi) is 6.45. The van der Waals surface area contributed by atoms with Crippen molar-refractivity contribution in [1.29, 1.82) is 0 Å². The van der Waals surface area contributed by atoms with Gasteiger partial charge in [0.1, 0.15) is 11.3 Å². The van der Waals surface area contributed by atoms with Crippen molar-refractivity contribution < 1.29 is 4.79 Å². The molecule has 1 aliphatic rings. The highest BCUT2D eigenvalue weighted by Gasteiger charge is 2.24. The third-order valence-electron chi connectivity index (χ3n) is 3.70. The Hall–Kier alpha value is -1.30. The predicted molar refractivity (Wildman–Crippen MR) is 87.7 cm³/mol. The maximum Gasteiger partial charge on any atom is 0.274 e. The van der Waals surface area contributed by atoms with Gasteiger partial charge in [0, 0.05) is 31.5 Å². The minimum atomic E-state index is 0. The Morgan fingerprint density at radius 3 is 2.90 bits per heavy atom. The lowest BCUT2D eigenvalue weighted by Gasteiger charge is -2.32. The third-order valence-corrected chi connectivity index (χ3v) is 3.70. The predicted octanol–water partition coefficient (Wildman–Crippen LogP) is 2.00. The van der Waals surface area contributed by atoms with Crippen molar-refractivity contribution in [3.05, 3.63) is 36.3 Å². The van der Waals surface area contributed by atoms with Crippen LogP contribution in [0, 0.1) is 0 Å². The molecule has 3 heterocycles. The normalized spacial score (nSPS) is 18.0. The van der Waals surface area contributed by atoms with E-state index in [0.29, 0.717) is 11.7 Å². The number of piperidine rings is 1. The smallest absolute Gasteiger partial charge is 0.274 e. The highest BCUT2D eigenvalue weighted by molar-refractivity contribution is 5.93. The zero-order chi connectivity index (χ0) is 13.2. The van der Waals surface area contributed by atoms with E-state index in [-0.39, 0.29) is 30.7 Å². The third kappa shape index (κ3) is 3.67. The number of rotatable bonds is 2. The van der Waals surface area contributed by atoms with Crippen LogP contribution in [-0.2, 0) is 0 Å². The van der Waals surface area contributed by atoms with E-state index in [9.17, 15) is 4.79 Å². The van der Waals surface area contributed by atoms with Crippen LogP contribution in [-0.4, -0.2) is 46.4 Å². The number of hydrogen-bond donors (Lipinski definition) is 1. The molecule has 3 rings (SSSR count). The van der Waals surface area contributed by atoms with Gasteiger partial charge >= 0.3 is 0 Å². The average Bonchev–Trinajstić information content (AvgIpc) is 2.90. The number of nitrogens with zero attached hydrogens (tertiary/aromatic N) is 3. The van der Waals surface area contributed by atoms with Gasteiger partial charge in [-0.25, -0.2) is 4.98 Å². The van der Waals surface area contributed by atoms with Crippen molar-refractivity contribution >= 4 is 36.4 Å². The standard InChI is InChI=1S/C14H18N4O.2ClH/c1-15-11-5-4-8-18(9-11)14(19)12-10-17-7-3-2-6-13(17)16-12;;/h2-3,6-7,10-11,15H,4-5,8-9H2,1H3;2*1H. The first-order chi connectivity index (χ1) is 9.28. The Bertz CT molecular complexity index is 568. The van der Waals surface area contributed by atoms with Gasteiger partial charge in [-0.1, -0.05) is 6.07 Å².